The Morgan fingerprint density at radius 1 is 1.04 bits per heavy atom. The second-order valence-electron chi connectivity index (χ2n) is 5.95. The van der Waals surface area contributed by atoms with Crippen LogP contribution >= 0.6 is 24.0 Å². The predicted octanol–water partition coefficient (Wildman–Crippen LogP) is 3.14. The molecule has 0 radical (unpaired) electrons. The monoisotopic (exact) mass is 396 g/mol. The van der Waals surface area contributed by atoms with Crippen LogP contribution in [0.3, 0.4) is 0 Å². The van der Waals surface area contributed by atoms with Crippen LogP contribution in [0.25, 0.3) is 5.57 Å². The summed E-state index contributed by atoms with van der Waals surface area (Å²) in [5.41, 5.74) is 2.37. The fraction of sp³-hybridized carbons (Fsp3) is 0.0526. The number of anilines is 2. The molecule has 1 saturated heterocycles. The van der Waals surface area contributed by atoms with E-state index in [4.69, 9.17) is 17.3 Å². The number of nitrogens with zero attached hydrogens (tertiary/aromatic N) is 2. The molecule has 2 amide bonds. The van der Waals surface area contributed by atoms with E-state index in [0.29, 0.717) is 21.1 Å². The molecule has 0 saturated carbocycles. The van der Waals surface area contributed by atoms with Gasteiger partial charge in [-0.25, -0.2) is 4.79 Å². The van der Waals surface area contributed by atoms with Gasteiger partial charge in [-0.3, -0.25) is 14.5 Å². The highest BCUT2D eigenvalue weighted by molar-refractivity contribution is 8.27. The fourth-order valence-electron chi connectivity index (χ4n) is 3.08. The van der Waals surface area contributed by atoms with Crippen molar-refractivity contribution in [2.75, 3.05) is 16.8 Å². The zero-order chi connectivity index (χ0) is 19.3. The highest BCUT2D eigenvalue weighted by atomic mass is 32.2. The highest BCUT2D eigenvalue weighted by Crippen LogP contribution is 2.44. The molecular weight excluding hydrogens is 384 g/mol. The average Bonchev–Trinajstić information content (AvgIpc) is 3.08. The minimum Gasteiger partial charge on any atom is -0.478 e. The number of thiocarbonyl (C=S) groups is 1. The number of hydrogen-bond donors (Lipinski definition) is 1. The Balaban J connectivity index is 1.79. The SMILES string of the molecule is CN1C(=O)C(=C2SC(=S)N(c3ccc(C(=O)O)cc3)C2=O)c2ccccc21. The van der Waals surface area contributed by atoms with Crippen molar-refractivity contribution in [2.24, 2.45) is 0 Å². The number of carbonyl (C=O) groups is 3. The van der Waals surface area contributed by atoms with E-state index in [2.05, 4.69) is 0 Å². The molecule has 2 heterocycles. The lowest BCUT2D eigenvalue weighted by atomic mass is 10.1. The molecule has 0 aliphatic carbocycles. The van der Waals surface area contributed by atoms with Gasteiger partial charge in [0.1, 0.15) is 0 Å². The van der Waals surface area contributed by atoms with Gasteiger partial charge in [-0.2, -0.15) is 0 Å². The van der Waals surface area contributed by atoms with E-state index in [9.17, 15) is 14.4 Å². The van der Waals surface area contributed by atoms with Crippen molar-refractivity contribution in [1.82, 2.24) is 0 Å². The Bertz CT molecular complexity index is 1060. The molecule has 6 nitrogen and oxygen atoms in total. The quantitative estimate of drug-likeness (QED) is 0.621. The van der Waals surface area contributed by atoms with Crippen molar-refractivity contribution in [2.45, 2.75) is 0 Å². The smallest absolute Gasteiger partial charge is 0.335 e. The zero-order valence-corrected chi connectivity index (χ0v) is 15.6. The molecule has 2 aliphatic heterocycles. The summed E-state index contributed by atoms with van der Waals surface area (Å²) in [6, 6.07) is 13.2. The van der Waals surface area contributed by atoms with E-state index in [1.165, 1.54) is 34.1 Å². The zero-order valence-electron chi connectivity index (χ0n) is 14.0. The molecule has 0 bridgehead atoms. The number of thioether (sulfide) groups is 1. The summed E-state index contributed by atoms with van der Waals surface area (Å²) in [6.07, 6.45) is 0. The number of carboxylic acid groups (broad SMARTS) is 1. The first kappa shape index (κ1) is 17.4. The second-order valence-corrected chi connectivity index (χ2v) is 7.59. The Morgan fingerprint density at radius 2 is 1.70 bits per heavy atom. The van der Waals surface area contributed by atoms with Gasteiger partial charge in [-0.1, -0.05) is 42.2 Å². The summed E-state index contributed by atoms with van der Waals surface area (Å²) < 4.78 is 0.297. The van der Waals surface area contributed by atoms with Crippen molar-refractivity contribution in [3.63, 3.8) is 0 Å². The standard InChI is InChI=1S/C19H12N2O4S2/c1-20-13-5-3-2-4-12(13)14(16(20)22)15-17(23)21(19(26)27-15)11-8-6-10(7-9-11)18(24)25/h2-9H,1H3,(H,24,25). The first-order valence-electron chi connectivity index (χ1n) is 7.91. The van der Waals surface area contributed by atoms with Crippen molar-refractivity contribution < 1.29 is 19.5 Å². The number of carboxylic acids is 1. The van der Waals surface area contributed by atoms with E-state index < -0.39 is 5.97 Å². The van der Waals surface area contributed by atoms with Crippen molar-refractivity contribution >= 4 is 63.0 Å². The molecule has 2 aromatic rings. The number of fused-ring (bicyclic) bond motifs is 1. The van der Waals surface area contributed by atoms with Crippen LogP contribution in [0, 0.1) is 0 Å². The van der Waals surface area contributed by atoms with Gasteiger partial charge in [0.05, 0.1) is 27.4 Å². The Labute approximate surface area is 164 Å². The summed E-state index contributed by atoms with van der Waals surface area (Å²) in [5, 5.41) is 9.02. The number of aromatic carboxylic acids is 1. The van der Waals surface area contributed by atoms with Crippen LogP contribution in [0.5, 0.6) is 0 Å². The third-order valence-corrected chi connectivity index (χ3v) is 5.79. The minimum absolute atomic E-state index is 0.115. The largest absolute Gasteiger partial charge is 0.478 e. The molecule has 1 N–H and O–H groups in total. The molecule has 27 heavy (non-hydrogen) atoms. The lowest BCUT2D eigenvalue weighted by Crippen LogP contribution is -2.28. The number of amides is 2. The molecule has 0 unspecified atom stereocenters. The Hall–Kier alpha value is -2.97. The highest BCUT2D eigenvalue weighted by Gasteiger charge is 2.41. The molecule has 0 atom stereocenters. The summed E-state index contributed by atoms with van der Waals surface area (Å²) in [4.78, 5) is 39.9. The van der Waals surface area contributed by atoms with Crippen LogP contribution in [0.15, 0.2) is 53.4 Å². The summed E-state index contributed by atoms with van der Waals surface area (Å²) >= 11 is 6.43. The summed E-state index contributed by atoms with van der Waals surface area (Å²) in [6.45, 7) is 0. The fourth-order valence-corrected chi connectivity index (χ4v) is 4.45. The van der Waals surface area contributed by atoms with Gasteiger partial charge in [-0.15, -0.1) is 0 Å². The van der Waals surface area contributed by atoms with Crippen LogP contribution in [0.4, 0.5) is 11.4 Å². The van der Waals surface area contributed by atoms with Gasteiger partial charge in [0.25, 0.3) is 11.8 Å². The molecule has 0 aromatic heterocycles. The Morgan fingerprint density at radius 3 is 2.37 bits per heavy atom. The lowest BCUT2D eigenvalue weighted by molar-refractivity contribution is -0.115. The van der Waals surface area contributed by atoms with Crippen LogP contribution in [0.1, 0.15) is 15.9 Å². The average molecular weight is 396 g/mol. The van der Waals surface area contributed by atoms with Crippen LogP contribution < -0.4 is 9.80 Å². The number of carbonyl (C=O) groups excluding carboxylic acids is 2. The van der Waals surface area contributed by atoms with Gasteiger partial charge >= 0.3 is 5.97 Å². The number of rotatable bonds is 2. The van der Waals surface area contributed by atoms with Crippen molar-refractivity contribution in [3.8, 4) is 0 Å². The van der Waals surface area contributed by atoms with Crippen LogP contribution in [-0.2, 0) is 9.59 Å². The molecule has 1 fully saturated rings. The molecule has 2 aromatic carbocycles. The molecular formula is C19H12N2O4S2. The van der Waals surface area contributed by atoms with E-state index in [1.54, 1.807) is 13.1 Å². The minimum atomic E-state index is -1.05. The number of benzene rings is 2. The molecule has 8 heteroatoms. The third-order valence-electron chi connectivity index (χ3n) is 4.42. The molecule has 134 valence electrons. The summed E-state index contributed by atoms with van der Waals surface area (Å²) in [7, 11) is 1.67. The Kier molecular flexibility index (Phi) is 4.09. The first-order chi connectivity index (χ1) is 12.9. The maximum atomic E-state index is 13.1. The number of likely N-dealkylation sites (N-methyl/N-ethyl adjacent to an activating group) is 1. The van der Waals surface area contributed by atoms with Gasteiger partial charge in [-0.05, 0) is 30.3 Å². The topological polar surface area (TPSA) is 77.9 Å². The van der Waals surface area contributed by atoms with Crippen molar-refractivity contribution in [3.05, 3.63) is 64.6 Å². The van der Waals surface area contributed by atoms with Gasteiger partial charge in [0, 0.05) is 12.6 Å². The second kappa shape index (κ2) is 6.33. The first-order valence-corrected chi connectivity index (χ1v) is 9.14. The van der Waals surface area contributed by atoms with Crippen molar-refractivity contribution in [1.29, 1.82) is 0 Å². The van der Waals surface area contributed by atoms with Crippen LogP contribution in [0.2, 0.25) is 0 Å². The maximum absolute atomic E-state index is 13.1. The van der Waals surface area contributed by atoms with E-state index in [-0.39, 0.29) is 22.3 Å². The third kappa shape index (κ3) is 2.65. The maximum Gasteiger partial charge on any atom is 0.335 e. The van der Waals surface area contributed by atoms with Gasteiger partial charge < -0.3 is 10.0 Å². The number of para-hydroxylation sites is 1. The molecule has 0 spiro atoms. The van der Waals surface area contributed by atoms with Crippen LogP contribution in [-0.4, -0.2) is 34.3 Å². The van der Waals surface area contributed by atoms with E-state index >= 15 is 0 Å². The number of hydrogen-bond acceptors (Lipinski definition) is 5. The predicted molar refractivity (Wildman–Crippen MR) is 108 cm³/mol. The van der Waals surface area contributed by atoms with Gasteiger partial charge in [0.15, 0.2) is 4.32 Å². The van der Waals surface area contributed by atoms with E-state index in [0.717, 1.165) is 17.4 Å². The van der Waals surface area contributed by atoms with E-state index in [1.807, 2.05) is 18.2 Å². The lowest BCUT2D eigenvalue weighted by Gasteiger charge is -2.14. The molecule has 4 rings (SSSR count). The normalized spacial score (nSPS) is 19.1. The van der Waals surface area contributed by atoms with Gasteiger partial charge in [0.2, 0.25) is 0 Å². The summed E-state index contributed by atoms with van der Waals surface area (Å²) in [5.74, 6) is -1.69. The molecule has 2 aliphatic rings.